The Labute approximate surface area is 169 Å². The number of halogens is 1. The summed E-state index contributed by atoms with van der Waals surface area (Å²) in [6.45, 7) is -0.455. The zero-order valence-corrected chi connectivity index (χ0v) is 15.9. The number of hydrogen-bond acceptors (Lipinski definition) is 5. The number of thiophene rings is 1. The number of aromatic amines is 1. The largest absolute Gasteiger partial charge is 0.451 e. The van der Waals surface area contributed by atoms with Crippen LogP contribution in [0, 0.1) is 5.82 Å². The van der Waals surface area contributed by atoms with Crippen LogP contribution in [0.5, 0.6) is 0 Å². The number of para-hydroxylation sites is 1. The van der Waals surface area contributed by atoms with Crippen LogP contribution >= 0.6 is 11.3 Å². The van der Waals surface area contributed by atoms with E-state index in [9.17, 15) is 14.0 Å². The van der Waals surface area contributed by atoms with Gasteiger partial charge in [-0.2, -0.15) is 5.10 Å². The van der Waals surface area contributed by atoms with Crippen molar-refractivity contribution in [1.29, 1.82) is 0 Å². The second kappa shape index (κ2) is 8.24. The molecule has 4 aromatic rings. The topological polar surface area (TPSA) is 84.1 Å². The molecule has 0 aliphatic carbocycles. The van der Waals surface area contributed by atoms with Gasteiger partial charge in [0, 0.05) is 10.3 Å². The zero-order chi connectivity index (χ0) is 20.2. The van der Waals surface area contributed by atoms with E-state index >= 15 is 0 Å². The Morgan fingerprint density at radius 3 is 2.66 bits per heavy atom. The third-order valence-electron chi connectivity index (χ3n) is 4.33. The van der Waals surface area contributed by atoms with Gasteiger partial charge in [0.2, 0.25) is 0 Å². The maximum atomic E-state index is 13.3. The van der Waals surface area contributed by atoms with Crippen molar-refractivity contribution < 1.29 is 18.7 Å². The summed E-state index contributed by atoms with van der Waals surface area (Å²) in [6.07, 6.45) is 0. The number of hydrogen-bond donors (Lipinski definition) is 2. The van der Waals surface area contributed by atoms with E-state index in [1.54, 1.807) is 30.3 Å². The molecule has 1 atom stereocenters. The molecule has 2 aromatic carbocycles. The van der Waals surface area contributed by atoms with E-state index in [0.717, 1.165) is 10.4 Å². The molecular formula is C21H16FN3O3S. The molecule has 4 rings (SSSR count). The van der Waals surface area contributed by atoms with E-state index in [1.807, 2.05) is 23.6 Å². The van der Waals surface area contributed by atoms with Crippen molar-refractivity contribution in [2.24, 2.45) is 0 Å². The molecule has 2 aromatic heterocycles. The molecule has 0 radical (unpaired) electrons. The van der Waals surface area contributed by atoms with Crippen molar-refractivity contribution in [3.05, 3.63) is 88.0 Å². The lowest BCUT2D eigenvalue weighted by Crippen LogP contribution is -2.32. The number of esters is 1. The number of nitrogens with zero attached hydrogens (tertiary/aromatic N) is 1. The minimum absolute atomic E-state index is 0.127. The average molecular weight is 409 g/mol. The predicted octanol–water partition coefficient (Wildman–Crippen LogP) is 3.83. The van der Waals surface area contributed by atoms with Crippen LogP contribution in [-0.2, 0) is 9.53 Å². The predicted molar refractivity (Wildman–Crippen MR) is 107 cm³/mol. The molecule has 0 fully saturated rings. The Morgan fingerprint density at radius 2 is 1.90 bits per heavy atom. The summed E-state index contributed by atoms with van der Waals surface area (Å²) in [5.41, 5.74) is 1.56. The number of aromatic nitrogens is 2. The quantitative estimate of drug-likeness (QED) is 0.474. The average Bonchev–Trinajstić information content (AvgIpc) is 3.41. The van der Waals surface area contributed by atoms with Gasteiger partial charge in [0.05, 0.1) is 11.6 Å². The van der Waals surface area contributed by atoms with Gasteiger partial charge in [-0.15, -0.1) is 11.3 Å². The van der Waals surface area contributed by atoms with Crippen molar-refractivity contribution in [2.75, 3.05) is 6.61 Å². The maximum absolute atomic E-state index is 13.3. The first-order valence-corrected chi connectivity index (χ1v) is 9.68. The molecule has 0 aliphatic rings. The highest BCUT2D eigenvalue weighted by atomic mass is 32.1. The monoisotopic (exact) mass is 409 g/mol. The van der Waals surface area contributed by atoms with Crippen molar-refractivity contribution in [3.63, 3.8) is 0 Å². The Hall–Kier alpha value is -3.52. The molecule has 0 saturated carbocycles. The third-order valence-corrected chi connectivity index (χ3v) is 5.27. The van der Waals surface area contributed by atoms with Gasteiger partial charge in [-0.25, -0.2) is 9.18 Å². The Morgan fingerprint density at radius 1 is 1.10 bits per heavy atom. The maximum Gasteiger partial charge on any atom is 0.359 e. The highest BCUT2D eigenvalue weighted by molar-refractivity contribution is 7.10. The second-order valence-corrected chi connectivity index (χ2v) is 7.24. The van der Waals surface area contributed by atoms with Crippen LogP contribution < -0.4 is 5.32 Å². The molecule has 8 heteroatoms. The van der Waals surface area contributed by atoms with Crippen LogP contribution in [0.15, 0.2) is 66.0 Å². The van der Waals surface area contributed by atoms with E-state index in [-0.39, 0.29) is 11.5 Å². The second-order valence-electron chi connectivity index (χ2n) is 6.26. The first-order chi connectivity index (χ1) is 14.1. The molecular weight excluding hydrogens is 393 g/mol. The lowest BCUT2D eigenvalue weighted by molar-refractivity contribution is -0.124. The van der Waals surface area contributed by atoms with Crippen LogP contribution in [0.3, 0.4) is 0 Å². The molecule has 29 heavy (non-hydrogen) atoms. The summed E-state index contributed by atoms with van der Waals surface area (Å²) in [5.74, 6) is -1.52. The fraction of sp³-hybridized carbons (Fsp3) is 0.0952. The van der Waals surface area contributed by atoms with Gasteiger partial charge in [-0.05, 0) is 35.2 Å². The summed E-state index contributed by atoms with van der Waals surface area (Å²) in [6, 6.07) is 16.3. The van der Waals surface area contributed by atoms with Gasteiger partial charge in [0.25, 0.3) is 5.91 Å². The Bertz CT molecular complexity index is 1140. The van der Waals surface area contributed by atoms with Crippen molar-refractivity contribution in [2.45, 2.75) is 6.04 Å². The third kappa shape index (κ3) is 4.17. The summed E-state index contributed by atoms with van der Waals surface area (Å²) in [7, 11) is 0. The minimum atomic E-state index is -0.688. The Kier molecular flexibility index (Phi) is 5.35. The fourth-order valence-electron chi connectivity index (χ4n) is 2.95. The van der Waals surface area contributed by atoms with E-state index < -0.39 is 24.5 Å². The van der Waals surface area contributed by atoms with E-state index in [0.29, 0.717) is 10.9 Å². The highest BCUT2D eigenvalue weighted by Gasteiger charge is 2.21. The SMILES string of the molecule is O=C(COC(=O)c1n[nH]c2ccccc12)NC(c1ccc(F)cc1)c1cccs1. The molecule has 2 N–H and O–H groups in total. The molecule has 0 saturated heterocycles. The lowest BCUT2D eigenvalue weighted by Gasteiger charge is -2.18. The lowest BCUT2D eigenvalue weighted by atomic mass is 10.1. The summed E-state index contributed by atoms with van der Waals surface area (Å²) < 4.78 is 18.4. The first-order valence-electron chi connectivity index (χ1n) is 8.80. The van der Waals surface area contributed by atoms with Crippen LogP contribution in [0.1, 0.15) is 27.0 Å². The van der Waals surface area contributed by atoms with Crippen LogP contribution in [0.2, 0.25) is 0 Å². The number of rotatable bonds is 6. The zero-order valence-electron chi connectivity index (χ0n) is 15.1. The molecule has 6 nitrogen and oxygen atoms in total. The number of ether oxygens (including phenoxy) is 1. The molecule has 0 spiro atoms. The van der Waals surface area contributed by atoms with Crippen molar-refractivity contribution >= 4 is 34.1 Å². The normalized spacial score (nSPS) is 11.9. The molecule has 2 heterocycles. The van der Waals surface area contributed by atoms with Crippen LogP contribution in [0.4, 0.5) is 4.39 Å². The number of benzene rings is 2. The molecule has 0 aliphatic heterocycles. The van der Waals surface area contributed by atoms with Crippen LogP contribution in [0.25, 0.3) is 10.9 Å². The standard InChI is InChI=1S/C21H16FN3O3S/c22-14-9-7-13(8-10-14)19(17-6-3-11-29-17)23-18(26)12-28-21(27)20-15-4-1-2-5-16(15)24-25-20/h1-11,19H,12H2,(H,23,26)(H,24,25). The van der Waals surface area contributed by atoms with Gasteiger partial charge in [0.1, 0.15) is 5.82 Å². The summed E-state index contributed by atoms with van der Waals surface area (Å²) in [5, 5.41) is 12.1. The van der Waals surface area contributed by atoms with Crippen molar-refractivity contribution in [3.8, 4) is 0 Å². The number of carbonyl (C=O) groups excluding carboxylic acids is 2. The minimum Gasteiger partial charge on any atom is -0.451 e. The van der Waals surface area contributed by atoms with Gasteiger partial charge >= 0.3 is 5.97 Å². The van der Waals surface area contributed by atoms with Crippen molar-refractivity contribution in [1.82, 2.24) is 15.5 Å². The number of nitrogens with one attached hydrogen (secondary N) is 2. The van der Waals surface area contributed by atoms with E-state index in [2.05, 4.69) is 15.5 Å². The number of carbonyl (C=O) groups is 2. The summed E-state index contributed by atoms with van der Waals surface area (Å²) in [4.78, 5) is 25.6. The van der Waals surface area contributed by atoms with E-state index in [1.165, 1.54) is 23.5 Å². The highest BCUT2D eigenvalue weighted by Crippen LogP contribution is 2.26. The smallest absolute Gasteiger partial charge is 0.359 e. The first kappa shape index (κ1) is 18.8. The van der Waals surface area contributed by atoms with Gasteiger partial charge < -0.3 is 10.1 Å². The fourth-order valence-corrected chi connectivity index (χ4v) is 3.75. The number of amides is 1. The van der Waals surface area contributed by atoms with E-state index in [4.69, 9.17) is 4.74 Å². The summed E-state index contributed by atoms with van der Waals surface area (Å²) >= 11 is 1.47. The van der Waals surface area contributed by atoms with Gasteiger partial charge in [-0.1, -0.05) is 36.4 Å². The van der Waals surface area contributed by atoms with Crippen LogP contribution in [-0.4, -0.2) is 28.7 Å². The Balaban J connectivity index is 1.44. The van der Waals surface area contributed by atoms with Gasteiger partial charge in [-0.3, -0.25) is 9.89 Å². The molecule has 1 unspecified atom stereocenters. The molecule has 146 valence electrons. The molecule has 1 amide bonds. The number of H-pyrrole nitrogens is 1. The van der Waals surface area contributed by atoms with Gasteiger partial charge in [0.15, 0.2) is 12.3 Å². The molecule has 0 bridgehead atoms. The number of fused-ring (bicyclic) bond motifs is 1.